The zero-order chi connectivity index (χ0) is 11.1. The second-order valence-corrected chi connectivity index (χ2v) is 4.52. The van der Waals surface area contributed by atoms with Gasteiger partial charge in [-0.25, -0.2) is 4.98 Å². The summed E-state index contributed by atoms with van der Waals surface area (Å²) in [5.41, 5.74) is 3.10. The lowest BCUT2D eigenvalue weighted by molar-refractivity contribution is 0.504. The minimum atomic E-state index is 0.474. The molecule has 0 aliphatic carbocycles. The molecule has 2 nitrogen and oxygen atoms in total. The summed E-state index contributed by atoms with van der Waals surface area (Å²) in [6.45, 7) is 9.00. The highest BCUT2D eigenvalue weighted by Gasteiger charge is 2.14. The minimum Gasteiger partial charge on any atom is -0.309 e. The van der Waals surface area contributed by atoms with Gasteiger partial charge in [0.15, 0.2) is 0 Å². The van der Waals surface area contributed by atoms with Gasteiger partial charge in [-0.2, -0.15) is 0 Å². The molecule has 1 N–H and O–H groups in total. The molecule has 0 spiro atoms. The molecule has 1 heterocycles. The van der Waals surface area contributed by atoms with Gasteiger partial charge in [0.05, 0.1) is 11.2 Å². The number of rotatable bonds is 7. The quantitative estimate of drug-likeness (QED) is 0.567. The zero-order valence-electron chi connectivity index (χ0n) is 9.62. The Labute approximate surface area is 96.4 Å². The first-order valence-electron chi connectivity index (χ1n) is 5.53. The Morgan fingerprint density at radius 1 is 1.67 bits per heavy atom. The Hall–Kier alpha value is -0.670. The molecular formula is C12H20N2S. The van der Waals surface area contributed by atoms with Crippen LogP contribution in [0, 0.1) is 6.92 Å². The average Bonchev–Trinajstić information content (AvgIpc) is 2.64. The SMILES string of the molecule is C=CCCCC(NCC)c1scnc1C. The van der Waals surface area contributed by atoms with Crippen molar-refractivity contribution in [3.05, 3.63) is 28.7 Å². The molecular weight excluding hydrogens is 204 g/mol. The number of allylic oxidation sites excluding steroid dienone is 1. The van der Waals surface area contributed by atoms with Gasteiger partial charge in [0.2, 0.25) is 0 Å². The van der Waals surface area contributed by atoms with Gasteiger partial charge < -0.3 is 5.32 Å². The number of nitrogens with zero attached hydrogens (tertiary/aromatic N) is 1. The maximum atomic E-state index is 4.31. The molecule has 0 radical (unpaired) electrons. The molecule has 1 aromatic heterocycles. The lowest BCUT2D eigenvalue weighted by atomic mass is 10.1. The summed E-state index contributed by atoms with van der Waals surface area (Å²) in [6, 6.07) is 0.474. The van der Waals surface area contributed by atoms with Crippen LogP contribution in [0.3, 0.4) is 0 Å². The van der Waals surface area contributed by atoms with Crippen LogP contribution in [0.2, 0.25) is 0 Å². The smallest absolute Gasteiger partial charge is 0.0798 e. The van der Waals surface area contributed by atoms with Crippen molar-refractivity contribution in [3.63, 3.8) is 0 Å². The van der Waals surface area contributed by atoms with Gasteiger partial charge in [0.1, 0.15) is 0 Å². The largest absolute Gasteiger partial charge is 0.309 e. The van der Waals surface area contributed by atoms with E-state index in [-0.39, 0.29) is 0 Å². The predicted molar refractivity (Wildman–Crippen MR) is 67.3 cm³/mol. The molecule has 1 rings (SSSR count). The number of aromatic nitrogens is 1. The maximum absolute atomic E-state index is 4.31. The molecule has 0 saturated heterocycles. The van der Waals surface area contributed by atoms with Crippen LogP contribution in [0.4, 0.5) is 0 Å². The summed E-state index contributed by atoms with van der Waals surface area (Å²) >= 11 is 1.76. The molecule has 1 unspecified atom stereocenters. The summed E-state index contributed by atoms with van der Waals surface area (Å²) < 4.78 is 0. The monoisotopic (exact) mass is 224 g/mol. The molecule has 0 aromatic carbocycles. The molecule has 3 heteroatoms. The highest BCUT2D eigenvalue weighted by molar-refractivity contribution is 7.09. The van der Waals surface area contributed by atoms with Crippen molar-refractivity contribution in [2.24, 2.45) is 0 Å². The first kappa shape index (κ1) is 12.4. The van der Waals surface area contributed by atoms with Gasteiger partial charge in [-0.1, -0.05) is 13.0 Å². The van der Waals surface area contributed by atoms with Gasteiger partial charge in [-0.3, -0.25) is 0 Å². The average molecular weight is 224 g/mol. The van der Waals surface area contributed by atoms with E-state index in [4.69, 9.17) is 0 Å². The molecule has 84 valence electrons. The Kier molecular flexibility index (Phi) is 5.58. The van der Waals surface area contributed by atoms with Crippen LogP contribution in [0.5, 0.6) is 0 Å². The lowest BCUT2D eigenvalue weighted by Crippen LogP contribution is -2.20. The van der Waals surface area contributed by atoms with Crippen molar-refractivity contribution in [2.75, 3.05) is 6.54 Å². The number of aryl methyl sites for hydroxylation is 1. The number of unbranched alkanes of at least 4 members (excludes halogenated alkanes) is 1. The lowest BCUT2D eigenvalue weighted by Gasteiger charge is -2.16. The predicted octanol–water partition coefficient (Wildman–Crippen LogP) is 3.46. The maximum Gasteiger partial charge on any atom is 0.0798 e. The zero-order valence-corrected chi connectivity index (χ0v) is 10.4. The first-order chi connectivity index (χ1) is 7.29. The van der Waals surface area contributed by atoms with E-state index in [0.29, 0.717) is 6.04 Å². The fourth-order valence-corrected chi connectivity index (χ4v) is 2.60. The van der Waals surface area contributed by atoms with E-state index in [9.17, 15) is 0 Å². The van der Waals surface area contributed by atoms with E-state index in [1.54, 1.807) is 11.3 Å². The highest BCUT2D eigenvalue weighted by Crippen LogP contribution is 2.25. The first-order valence-corrected chi connectivity index (χ1v) is 6.41. The van der Waals surface area contributed by atoms with E-state index in [0.717, 1.165) is 13.0 Å². The van der Waals surface area contributed by atoms with Crippen molar-refractivity contribution in [3.8, 4) is 0 Å². The van der Waals surface area contributed by atoms with Gasteiger partial charge in [-0.15, -0.1) is 17.9 Å². The minimum absolute atomic E-state index is 0.474. The normalized spacial score (nSPS) is 12.7. The number of thiazole rings is 1. The Morgan fingerprint density at radius 2 is 2.47 bits per heavy atom. The molecule has 0 saturated carbocycles. The third-order valence-corrected chi connectivity index (χ3v) is 3.50. The summed E-state index contributed by atoms with van der Waals surface area (Å²) in [5, 5.41) is 3.52. The fourth-order valence-electron chi connectivity index (χ4n) is 1.68. The van der Waals surface area contributed by atoms with Crippen molar-refractivity contribution in [2.45, 2.75) is 39.2 Å². The summed E-state index contributed by atoms with van der Waals surface area (Å²) in [6.07, 6.45) is 5.45. The number of hydrogen-bond donors (Lipinski definition) is 1. The van der Waals surface area contributed by atoms with Crippen LogP contribution in [0.15, 0.2) is 18.2 Å². The molecule has 0 amide bonds. The highest BCUT2D eigenvalue weighted by atomic mass is 32.1. The van der Waals surface area contributed by atoms with E-state index >= 15 is 0 Å². The van der Waals surface area contributed by atoms with E-state index in [2.05, 4.69) is 30.7 Å². The van der Waals surface area contributed by atoms with E-state index in [1.807, 2.05) is 11.6 Å². The van der Waals surface area contributed by atoms with Crippen molar-refractivity contribution < 1.29 is 0 Å². The molecule has 15 heavy (non-hydrogen) atoms. The van der Waals surface area contributed by atoms with Crippen LogP contribution < -0.4 is 5.32 Å². The Morgan fingerprint density at radius 3 is 3.00 bits per heavy atom. The van der Waals surface area contributed by atoms with Crippen LogP contribution >= 0.6 is 11.3 Å². The summed E-state index contributed by atoms with van der Waals surface area (Å²) in [5.74, 6) is 0. The molecule has 0 fully saturated rings. The van der Waals surface area contributed by atoms with E-state index in [1.165, 1.54) is 23.4 Å². The van der Waals surface area contributed by atoms with Gasteiger partial charge in [-0.05, 0) is 32.7 Å². The van der Waals surface area contributed by atoms with Gasteiger partial charge >= 0.3 is 0 Å². The van der Waals surface area contributed by atoms with Gasteiger partial charge in [0.25, 0.3) is 0 Å². The third kappa shape index (κ3) is 3.76. The Bertz CT molecular complexity index is 294. The molecule has 0 aliphatic rings. The van der Waals surface area contributed by atoms with Crippen molar-refractivity contribution in [1.82, 2.24) is 10.3 Å². The second-order valence-electron chi connectivity index (χ2n) is 3.63. The van der Waals surface area contributed by atoms with Crippen molar-refractivity contribution in [1.29, 1.82) is 0 Å². The molecule has 1 atom stereocenters. The van der Waals surface area contributed by atoms with Crippen LogP contribution in [-0.2, 0) is 0 Å². The fraction of sp³-hybridized carbons (Fsp3) is 0.583. The molecule has 1 aromatic rings. The second kappa shape index (κ2) is 6.75. The number of nitrogens with one attached hydrogen (secondary N) is 1. The Balaban J connectivity index is 2.57. The van der Waals surface area contributed by atoms with Crippen LogP contribution in [-0.4, -0.2) is 11.5 Å². The van der Waals surface area contributed by atoms with Gasteiger partial charge in [0, 0.05) is 10.9 Å². The van der Waals surface area contributed by atoms with E-state index < -0.39 is 0 Å². The summed E-state index contributed by atoms with van der Waals surface area (Å²) in [7, 11) is 0. The number of hydrogen-bond acceptors (Lipinski definition) is 3. The van der Waals surface area contributed by atoms with Crippen LogP contribution in [0.1, 0.15) is 42.8 Å². The standard InChI is InChI=1S/C12H20N2S/c1-4-6-7-8-11(13-5-2)12-10(3)14-9-15-12/h4,9,11,13H,1,5-8H2,2-3H3. The third-order valence-electron chi connectivity index (χ3n) is 2.45. The van der Waals surface area contributed by atoms with Crippen LogP contribution in [0.25, 0.3) is 0 Å². The molecule has 0 bridgehead atoms. The molecule has 0 aliphatic heterocycles. The summed E-state index contributed by atoms with van der Waals surface area (Å²) in [4.78, 5) is 5.70. The van der Waals surface area contributed by atoms with Crippen molar-refractivity contribution >= 4 is 11.3 Å². The topological polar surface area (TPSA) is 24.9 Å².